The summed E-state index contributed by atoms with van der Waals surface area (Å²) in [6.45, 7) is 0.595. The maximum atomic E-state index is 8.63. The van der Waals surface area contributed by atoms with Crippen LogP contribution in [0.3, 0.4) is 0 Å². The molecule has 0 aliphatic heterocycles. The fourth-order valence-corrected chi connectivity index (χ4v) is 1.13. The van der Waals surface area contributed by atoms with Gasteiger partial charge < -0.3 is 15.0 Å². The molecule has 0 radical (unpaired) electrons. The number of nitrogens with one attached hydrogen (secondary N) is 1. The average Bonchev–Trinajstić information content (AvgIpc) is 2.33. The van der Waals surface area contributed by atoms with Crippen LogP contribution in [-0.4, -0.2) is 28.3 Å². The molecule has 1 rings (SSSR count). The van der Waals surface area contributed by atoms with Crippen LogP contribution in [-0.2, 0) is 6.54 Å². The number of halogens is 1. The summed E-state index contributed by atoms with van der Waals surface area (Å²) >= 11 is 5.70. The van der Waals surface area contributed by atoms with Crippen LogP contribution in [0.15, 0.2) is 6.33 Å². The van der Waals surface area contributed by atoms with E-state index in [9.17, 15) is 0 Å². The third kappa shape index (κ3) is 1.64. The van der Waals surface area contributed by atoms with E-state index >= 15 is 0 Å². The molecule has 0 atom stereocenters. The molecule has 11 heavy (non-hydrogen) atoms. The second-order valence-electron chi connectivity index (χ2n) is 2.05. The molecule has 0 aromatic carbocycles. The van der Waals surface area contributed by atoms with Crippen LogP contribution in [0.2, 0.25) is 5.15 Å². The van der Waals surface area contributed by atoms with Crippen molar-refractivity contribution >= 4 is 17.4 Å². The average molecular weight is 176 g/mol. The van der Waals surface area contributed by atoms with Gasteiger partial charge in [-0.1, -0.05) is 11.6 Å². The molecule has 0 amide bonds. The minimum atomic E-state index is 0.0847. The van der Waals surface area contributed by atoms with Gasteiger partial charge in [0.05, 0.1) is 12.9 Å². The van der Waals surface area contributed by atoms with E-state index in [-0.39, 0.29) is 6.61 Å². The number of nitrogens with zero attached hydrogens (tertiary/aromatic N) is 2. The van der Waals surface area contributed by atoms with Gasteiger partial charge in [-0.25, -0.2) is 4.98 Å². The van der Waals surface area contributed by atoms with Gasteiger partial charge in [0, 0.05) is 13.6 Å². The van der Waals surface area contributed by atoms with Gasteiger partial charge in [0.2, 0.25) is 0 Å². The molecule has 2 N–H and O–H groups in total. The van der Waals surface area contributed by atoms with Crippen molar-refractivity contribution in [3.8, 4) is 0 Å². The molecule has 0 unspecified atom stereocenters. The molecule has 5 heteroatoms. The molecule has 1 heterocycles. The van der Waals surface area contributed by atoms with Gasteiger partial charge in [-0.2, -0.15) is 0 Å². The molecule has 0 fully saturated rings. The van der Waals surface area contributed by atoms with Gasteiger partial charge in [0.25, 0.3) is 0 Å². The highest BCUT2D eigenvalue weighted by Crippen LogP contribution is 2.18. The second-order valence-corrected chi connectivity index (χ2v) is 2.41. The number of aliphatic hydroxyl groups is 1. The zero-order valence-electron chi connectivity index (χ0n) is 6.21. The largest absolute Gasteiger partial charge is 0.395 e. The lowest BCUT2D eigenvalue weighted by Crippen LogP contribution is -2.04. The Morgan fingerprint density at radius 3 is 3.09 bits per heavy atom. The number of aliphatic hydroxyl groups excluding tert-OH is 1. The van der Waals surface area contributed by atoms with E-state index in [2.05, 4.69) is 10.3 Å². The van der Waals surface area contributed by atoms with E-state index in [0.717, 1.165) is 5.82 Å². The lowest BCUT2D eigenvalue weighted by Gasteiger charge is -2.04. The first-order valence-corrected chi connectivity index (χ1v) is 3.66. The van der Waals surface area contributed by atoms with Gasteiger partial charge in [-0.3, -0.25) is 0 Å². The highest BCUT2D eigenvalue weighted by molar-refractivity contribution is 6.31. The molecule has 0 spiro atoms. The van der Waals surface area contributed by atoms with Crippen molar-refractivity contribution in [1.29, 1.82) is 0 Å². The molecule has 0 saturated heterocycles. The Morgan fingerprint density at radius 1 is 1.82 bits per heavy atom. The molecule has 1 aromatic heterocycles. The quantitative estimate of drug-likeness (QED) is 0.707. The molecule has 0 saturated carbocycles. The minimum Gasteiger partial charge on any atom is -0.395 e. The Labute approximate surface area is 69.8 Å². The van der Waals surface area contributed by atoms with E-state index in [1.807, 2.05) is 0 Å². The number of hydrogen-bond acceptors (Lipinski definition) is 3. The van der Waals surface area contributed by atoms with Crippen LogP contribution in [0.1, 0.15) is 0 Å². The number of anilines is 1. The van der Waals surface area contributed by atoms with Crippen LogP contribution >= 0.6 is 11.6 Å². The van der Waals surface area contributed by atoms with Crippen molar-refractivity contribution in [2.75, 3.05) is 19.0 Å². The molecular formula is C6H10ClN3O. The van der Waals surface area contributed by atoms with Crippen LogP contribution in [0.4, 0.5) is 5.82 Å². The lowest BCUT2D eigenvalue weighted by atomic mass is 10.6. The monoisotopic (exact) mass is 175 g/mol. The highest BCUT2D eigenvalue weighted by atomic mass is 35.5. The Hall–Kier alpha value is -0.740. The molecule has 62 valence electrons. The predicted molar refractivity (Wildman–Crippen MR) is 43.9 cm³/mol. The highest BCUT2D eigenvalue weighted by Gasteiger charge is 2.04. The van der Waals surface area contributed by atoms with Crippen molar-refractivity contribution < 1.29 is 5.11 Å². The first kappa shape index (κ1) is 8.36. The Bertz CT molecular complexity index is 236. The molecule has 0 aliphatic rings. The summed E-state index contributed by atoms with van der Waals surface area (Å²) in [6, 6.07) is 0. The molecule has 0 aliphatic carbocycles. The zero-order valence-corrected chi connectivity index (χ0v) is 6.97. The van der Waals surface area contributed by atoms with E-state index in [4.69, 9.17) is 16.7 Å². The lowest BCUT2D eigenvalue weighted by molar-refractivity contribution is 0.277. The van der Waals surface area contributed by atoms with Crippen LogP contribution in [0, 0.1) is 0 Å². The van der Waals surface area contributed by atoms with E-state index in [1.54, 1.807) is 17.9 Å². The van der Waals surface area contributed by atoms with Crippen LogP contribution in [0.25, 0.3) is 0 Å². The first-order valence-electron chi connectivity index (χ1n) is 3.29. The second kappa shape index (κ2) is 3.59. The number of imidazole rings is 1. The Kier molecular flexibility index (Phi) is 2.73. The van der Waals surface area contributed by atoms with Crippen molar-refractivity contribution in [2.24, 2.45) is 0 Å². The smallest absolute Gasteiger partial charge is 0.171 e. The fraction of sp³-hybridized carbons (Fsp3) is 0.500. The third-order valence-corrected chi connectivity index (χ3v) is 1.65. The Morgan fingerprint density at radius 2 is 2.55 bits per heavy atom. The van der Waals surface area contributed by atoms with Crippen LogP contribution in [0.5, 0.6) is 0 Å². The van der Waals surface area contributed by atoms with Crippen LogP contribution < -0.4 is 5.32 Å². The van der Waals surface area contributed by atoms with Gasteiger partial charge in [-0.15, -0.1) is 0 Å². The maximum absolute atomic E-state index is 8.63. The molecule has 0 bridgehead atoms. The summed E-state index contributed by atoms with van der Waals surface area (Å²) in [5.74, 6) is 0.737. The summed E-state index contributed by atoms with van der Waals surface area (Å²) in [6.07, 6.45) is 1.59. The van der Waals surface area contributed by atoms with Gasteiger partial charge in [0.1, 0.15) is 5.82 Å². The third-order valence-electron chi connectivity index (χ3n) is 1.37. The zero-order chi connectivity index (χ0) is 8.27. The van der Waals surface area contributed by atoms with E-state index in [0.29, 0.717) is 11.7 Å². The van der Waals surface area contributed by atoms with Gasteiger partial charge in [-0.05, 0) is 0 Å². The van der Waals surface area contributed by atoms with Gasteiger partial charge in [0.15, 0.2) is 5.15 Å². The van der Waals surface area contributed by atoms with Crippen molar-refractivity contribution in [3.63, 3.8) is 0 Å². The van der Waals surface area contributed by atoms with Crippen molar-refractivity contribution in [1.82, 2.24) is 9.55 Å². The van der Waals surface area contributed by atoms with E-state index in [1.165, 1.54) is 0 Å². The summed E-state index contributed by atoms with van der Waals surface area (Å²) < 4.78 is 1.75. The Balaban J connectivity index is 2.86. The van der Waals surface area contributed by atoms with Crippen molar-refractivity contribution in [2.45, 2.75) is 6.54 Å². The number of aromatic nitrogens is 2. The summed E-state index contributed by atoms with van der Waals surface area (Å²) in [4.78, 5) is 3.86. The molecular weight excluding hydrogens is 166 g/mol. The maximum Gasteiger partial charge on any atom is 0.171 e. The summed E-state index contributed by atoms with van der Waals surface area (Å²) in [5.41, 5.74) is 0. The minimum absolute atomic E-state index is 0.0847. The first-order chi connectivity index (χ1) is 5.29. The normalized spacial score (nSPS) is 10.1. The predicted octanol–water partition coefficient (Wildman–Crippen LogP) is 0.570. The number of rotatable bonds is 3. The van der Waals surface area contributed by atoms with Crippen molar-refractivity contribution in [3.05, 3.63) is 11.5 Å². The van der Waals surface area contributed by atoms with E-state index < -0.39 is 0 Å². The summed E-state index contributed by atoms with van der Waals surface area (Å²) in [5, 5.41) is 11.9. The fourth-order valence-electron chi connectivity index (χ4n) is 0.882. The molecule has 4 nitrogen and oxygen atoms in total. The summed E-state index contributed by atoms with van der Waals surface area (Å²) in [7, 11) is 1.76. The topological polar surface area (TPSA) is 50.1 Å². The van der Waals surface area contributed by atoms with Gasteiger partial charge >= 0.3 is 0 Å². The number of hydrogen-bond donors (Lipinski definition) is 2. The molecule has 1 aromatic rings. The standard InChI is InChI=1S/C6H10ClN3O/c1-8-6-5(7)9-4-10(6)2-3-11/h4,8,11H,2-3H2,1H3. The SMILES string of the molecule is CNc1c(Cl)ncn1CCO.